The van der Waals surface area contributed by atoms with E-state index in [0.29, 0.717) is 18.7 Å². The molecule has 0 spiro atoms. The fourth-order valence-electron chi connectivity index (χ4n) is 3.09. The standard InChI is InChI=1S/C21H21N3O4S/c1-28-18(25)13-17-20(27)22-11-12-24(17)21(29)23-19(26)16-9-7-15(8-10-16)14-5-3-2-4-6-14/h2-10,17H,11-13H2,1H3,(H,22,27)(H,23,26,29)/t17-/m1/s1. The number of hydrogen-bond donors (Lipinski definition) is 2. The van der Waals surface area contributed by atoms with Crippen molar-refractivity contribution in [1.82, 2.24) is 15.5 Å². The molecular formula is C21H21N3O4S. The second-order valence-electron chi connectivity index (χ2n) is 6.48. The van der Waals surface area contributed by atoms with Crippen molar-refractivity contribution in [3.05, 3.63) is 60.2 Å². The number of nitrogens with zero attached hydrogens (tertiary/aromatic N) is 1. The zero-order chi connectivity index (χ0) is 20.8. The zero-order valence-electron chi connectivity index (χ0n) is 15.9. The summed E-state index contributed by atoms with van der Waals surface area (Å²) in [4.78, 5) is 37.9. The van der Waals surface area contributed by atoms with Crippen molar-refractivity contribution in [1.29, 1.82) is 0 Å². The predicted molar refractivity (Wildman–Crippen MR) is 112 cm³/mol. The molecule has 0 saturated carbocycles. The quantitative estimate of drug-likeness (QED) is 0.589. The monoisotopic (exact) mass is 411 g/mol. The van der Waals surface area contributed by atoms with Crippen LogP contribution < -0.4 is 10.6 Å². The molecule has 0 aliphatic carbocycles. The first kappa shape index (κ1) is 20.5. The van der Waals surface area contributed by atoms with Crippen LogP contribution in [-0.4, -0.2) is 54.0 Å². The molecular weight excluding hydrogens is 390 g/mol. The van der Waals surface area contributed by atoms with Gasteiger partial charge in [-0.3, -0.25) is 19.7 Å². The third kappa shape index (κ3) is 4.97. The van der Waals surface area contributed by atoms with Gasteiger partial charge in [0.05, 0.1) is 13.5 Å². The number of carbonyl (C=O) groups is 3. The van der Waals surface area contributed by atoms with Crippen molar-refractivity contribution in [3.8, 4) is 11.1 Å². The van der Waals surface area contributed by atoms with Crippen LogP contribution >= 0.6 is 12.2 Å². The van der Waals surface area contributed by atoms with Crippen LogP contribution in [0.4, 0.5) is 0 Å². The summed E-state index contributed by atoms with van der Waals surface area (Å²) in [6.07, 6.45) is -0.149. The predicted octanol–water partition coefficient (Wildman–Crippen LogP) is 1.73. The number of thiocarbonyl (C=S) groups is 1. The van der Waals surface area contributed by atoms with Crippen LogP contribution in [0.15, 0.2) is 54.6 Å². The molecule has 0 radical (unpaired) electrons. The summed E-state index contributed by atoms with van der Waals surface area (Å²) >= 11 is 5.33. The molecule has 0 aromatic heterocycles. The Bertz CT molecular complexity index is 915. The van der Waals surface area contributed by atoms with E-state index in [0.717, 1.165) is 11.1 Å². The van der Waals surface area contributed by atoms with E-state index in [-0.39, 0.29) is 23.3 Å². The number of benzene rings is 2. The summed E-state index contributed by atoms with van der Waals surface area (Å²) in [5.41, 5.74) is 2.49. The van der Waals surface area contributed by atoms with Gasteiger partial charge in [0.15, 0.2) is 5.11 Å². The highest BCUT2D eigenvalue weighted by Crippen LogP contribution is 2.19. The number of hydrogen-bond acceptors (Lipinski definition) is 5. The Morgan fingerprint density at radius 3 is 2.45 bits per heavy atom. The molecule has 3 rings (SSSR count). The minimum Gasteiger partial charge on any atom is -0.469 e. The van der Waals surface area contributed by atoms with E-state index < -0.39 is 12.0 Å². The molecule has 1 heterocycles. The molecule has 1 saturated heterocycles. The fraction of sp³-hybridized carbons (Fsp3) is 0.238. The maximum absolute atomic E-state index is 12.6. The minimum atomic E-state index is -0.815. The molecule has 8 heteroatoms. The number of rotatable bonds is 4. The lowest BCUT2D eigenvalue weighted by molar-refractivity contribution is -0.144. The Kier molecular flexibility index (Phi) is 6.56. The first-order valence-electron chi connectivity index (χ1n) is 9.11. The molecule has 1 fully saturated rings. The molecule has 7 nitrogen and oxygen atoms in total. The maximum atomic E-state index is 12.6. The smallest absolute Gasteiger partial charge is 0.308 e. The summed E-state index contributed by atoms with van der Waals surface area (Å²) in [5.74, 6) is -1.23. The van der Waals surface area contributed by atoms with Gasteiger partial charge < -0.3 is 15.0 Å². The van der Waals surface area contributed by atoms with Gasteiger partial charge in [-0.25, -0.2) is 0 Å². The van der Waals surface area contributed by atoms with Crippen molar-refractivity contribution < 1.29 is 19.1 Å². The van der Waals surface area contributed by atoms with Crippen LogP contribution in [0.1, 0.15) is 16.8 Å². The lowest BCUT2D eigenvalue weighted by Crippen LogP contribution is -2.60. The minimum absolute atomic E-state index is 0.103. The summed E-state index contributed by atoms with van der Waals surface area (Å²) in [6.45, 7) is 0.762. The SMILES string of the molecule is COC(=O)C[C@@H]1C(=O)NCCN1C(=S)NC(=O)c1ccc(-c2ccccc2)cc1. The van der Waals surface area contributed by atoms with Crippen LogP contribution in [0.2, 0.25) is 0 Å². The normalized spacial score (nSPS) is 16.0. The second kappa shape index (κ2) is 9.29. The van der Waals surface area contributed by atoms with Crippen molar-refractivity contribution >= 4 is 35.1 Å². The van der Waals surface area contributed by atoms with E-state index in [4.69, 9.17) is 12.2 Å². The lowest BCUT2D eigenvalue weighted by Gasteiger charge is -2.36. The van der Waals surface area contributed by atoms with Gasteiger partial charge in [0.1, 0.15) is 6.04 Å². The molecule has 2 aromatic carbocycles. The fourth-order valence-corrected chi connectivity index (χ4v) is 3.40. The average molecular weight is 411 g/mol. The Morgan fingerprint density at radius 2 is 1.79 bits per heavy atom. The Labute approximate surface area is 174 Å². The van der Waals surface area contributed by atoms with Gasteiger partial charge in [-0.05, 0) is 35.5 Å². The van der Waals surface area contributed by atoms with Gasteiger partial charge in [0.25, 0.3) is 5.91 Å². The first-order chi connectivity index (χ1) is 14.0. The maximum Gasteiger partial charge on any atom is 0.308 e. The van der Waals surface area contributed by atoms with Gasteiger partial charge in [-0.1, -0.05) is 42.5 Å². The van der Waals surface area contributed by atoms with Crippen LogP contribution in [0, 0.1) is 0 Å². The third-order valence-electron chi connectivity index (χ3n) is 4.65. The Balaban J connectivity index is 1.68. The van der Waals surface area contributed by atoms with E-state index in [1.54, 1.807) is 17.0 Å². The molecule has 150 valence electrons. The Morgan fingerprint density at radius 1 is 1.14 bits per heavy atom. The van der Waals surface area contributed by atoms with Crippen molar-refractivity contribution in [2.45, 2.75) is 12.5 Å². The number of carbonyl (C=O) groups excluding carboxylic acids is 3. The number of amides is 2. The number of piperazine rings is 1. The van der Waals surface area contributed by atoms with Crippen LogP contribution in [-0.2, 0) is 14.3 Å². The molecule has 29 heavy (non-hydrogen) atoms. The molecule has 0 unspecified atom stereocenters. The van der Waals surface area contributed by atoms with E-state index >= 15 is 0 Å². The lowest BCUT2D eigenvalue weighted by atomic mass is 10.0. The molecule has 2 N–H and O–H groups in total. The van der Waals surface area contributed by atoms with Gasteiger partial charge in [0.2, 0.25) is 5.91 Å². The first-order valence-corrected chi connectivity index (χ1v) is 9.52. The number of esters is 1. The molecule has 1 aliphatic rings. The molecule has 2 amide bonds. The largest absolute Gasteiger partial charge is 0.469 e. The molecule has 2 aromatic rings. The van der Waals surface area contributed by atoms with Gasteiger partial charge >= 0.3 is 5.97 Å². The third-order valence-corrected chi connectivity index (χ3v) is 4.99. The van der Waals surface area contributed by atoms with Gasteiger partial charge in [0, 0.05) is 18.7 Å². The van der Waals surface area contributed by atoms with E-state index in [1.165, 1.54) is 7.11 Å². The van der Waals surface area contributed by atoms with Gasteiger partial charge in [-0.2, -0.15) is 0 Å². The highest BCUT2D eigenvalue weighted by molar-refractivity contribution is 7.80. The average Bonchev–Trinajstić information content (AvgIpc) is 2.75. The van der Waals surface area contributed by atoms with Crippen molar-refractivity contribution in [3.63, 3.8) is 0 Å². The van der Waals surface area contributed by atoms with E-state index in [9.17, 15) is 14.4 Å². The summed E-state index contributed by atoms with van der Waals surface area (Å²) in [6, 6.07) is 16.2. The van der Waals surface area contributed by atoms with Crippen LogP contribution in [0.3, 0.4) is 0 Å². The summed E-state index contributed by atoms with van der Waals surface area (Å²) in [5, 5.41) is 5.45. The molecule has 1 atom stereocenters. The van der Waals surface area contributed by atoms with Crippen molar-refractivity contribution in [2.24, 2.45) is 0 Å². The topological polar surface area (TPSA) is 87.7 Å². The second-order valence-corrected chi connectivity index (χ2v) is 6.87. The summed E-state index contributed by atoms with van der Waals surface area (Å²) < 4.78 is 4.65. The highest BCUT2D eigenvalue weighted by Gasteiger charge is 2.34. The zero-order valence-corrected chi connectivity index (χ0v) is 16.7. The van der Waals surface area contributed by atoms with Gasteiger partial charge in [-0.15, -0.1) is 0 Å². The highest BCUT2D eigenvalue weighted by atomic mass is 32.1. The number of ether oxygens (including phenoxy) is 1. The number of nitrogens with one attached hydrogen (secondary N) is 2. The van der Waals surface area contributed by atoms with Crippen LogP contribution in [0.5, 0.6) is 0 Å². The van der Waals surface area contributed by atoms with Crippen LogP contribution in [0.25, 0.3) is 11.1 Å². The summed E-state index contributed by atoms with van der Waals surface area (Å²) in [7, 11) is 1.26. The van der Waals surface area contributed by atoms with Crippen molar-refractivity contribution in [2.75, 3.05) is 20.2 Å². The van der Waals surface area contributed by atoms with E-state index in [2.05, 4.69) is 15.4 Å². The van der Waals surface area contributed by atoms with E-state index in [1.807, 2.05) is 42.5 Å². The molecule has 0 bridgehead atoms. The number of methoxy groups -OCH3 is 1. The Hall–Kier alpha value is -3.26. The molecule has 1 aliphatic heterocycles.